The Labute approximate surface area is 322 Å². The van der Waals surface area contributed by atoms with Crippen LogP contribution in [-0.2, 0) is 0 Å². The van der Waals surface area contributed by atoms with E-state index in [1.54, 1.807) is 0 Å². The second-order valence-electron chi connectivity index (χ2n) is 13.8. The topological polar surface area (TPSA) is 17.8 Å². The second-order valence-corrected chi connectivity index (χ2v) is 16.9. The fourth-order valence-electron chi connectivity index (χ4n) is 8.44. The van der Waals surface area contributed by atoms with Crippen molar-refractivity contribution in [1.82, 2.24) is 9.55 Å². The number of nitrogens with zero attached hydrogens (tertiary/aromatic N) is 2. The van der Waals surface area contributed by atoms with Gasteiger partial charge in [0.15, 0.2) is 0 Å². The van der Waals surface area contributed by atoms with Gasteiger partial charge in [-0.05, 0) is 48.5 Å². The monoisotopic (exact) mass is 740 g/mol. The number of rotatable bonds is 4. The van der Waals surface area contributed by atoms with Gasteiger partial charge in [0, 0.05) is 84.6 Å². The third kappa shape index (κ3) is 4.40. The van der Waals surface area contributed by atoms with Gasteiger partial charge in [0.05, 0.1) is 21.3 Å². The zero-order chi connectivity index (χ0) is 35.3. The molecule has 8 aromatic carbocycles. The Hall–Kier alpha value is -6.11. The van der Waals surface area contributed by atoms with E-state index in [9.17, 15) is 0 Å². The fourth-order valence-corrected chi connectivity index (χ4v) is 12.0. The molecule has 0 saturated carbocycles. The molecular weight excluding hydrogens is 713 g/mol. The van der Waals surface area contributed by atoms with E-state index in [4.69, 9.17) is 4.98 Å². The summed E-state index contributed by atoms with van der Waals surface area (Å²) in [6, 6.07) is 62.0. The predicted octanol–water partition coefficient (Wildman–Crippen LogP) is 15.1. The van der Waals surface area contributed by atoms with Crippen molar-refractivity contribution in [2.75, 3.05) is 0 Å². The van der Waals surface area contributed by atoms with Gasteiger partial charge in [0.1, 0.15) is 5.01 Å². The molecule has 0 radical (unpaired) electrons. The Kier molecular flexibility index (Phi) is 6.58. The zero-order valence-corrected chi connectivity index (χ0v) is 31.2. The summed E-state index contributed by atoms with van der Waals surface area (Å²) in [5, 5.41) is 8.75. The van der Waals surface area contributed by atoms with Crippen molar-refractivity contribution in [1.29, 1.82) is 0 Å². The minimum absolute atomic E-state index is 1.03. The van der Waals surface area contributed by atoms with Crippen molar-refractivity contribution < 1.29 is 0 Å². The van der Waals surface area contributed by atoms with E-state index in [1.807, 2.05) is 34.0 Å². The van der Waals surface area contributed by atoms with Gasteiger partial charge in [-0.15, -0.1) is 34.0 Å². The second kappa shape index (κ2) is 11.7. The number of hydrogen-bond acceptors (Lipinski definition) is 4. The lowest BCUT2D eigenvalue weighted by Gasteiger charge is -2.10. The summed E-state index contributed by atoms with van der Waals surface area (Å²) >= 11 is 5.58. The summed E-state index contributed by atoms with van der Waals surface area (Å²) in [7, 11) is 0. The van der Waals surface area contributed by atoms with Crippen molar-refractivity contribution in [2.45, 2.75) is 0 Å². The average molecular weight is 741 g/mol. The van der Waals surface area contributed by atoms with Gasteiger partial charge in [-0.3, -0.25) is 0 Å². The molecule has 0 spiro atoms. The summed E-state index contributed by atoms with van der Waals surface area (Å²) in [4.78, 5) is 5.60. The maximum atomic E-state index is 5.60. The van der Waals surface area contributed by atoms with E-state index in [0.717, 1.165) is 21.8 Å². The lowest BCUT2D eigenvalue weighted by atomic mass is 9.97. The highest BCUT2D eigenvalue weighted by Crippen LogP contribution is 2.48. The molecule has 12 rings (SSSR count). The van der Waals surface area contributed by atoms with E-state index in [2.05, 4.69) is 174 Å². The molecule has 0 aliphatic rings. The lowest BCUT2D eigenvalue weighted by molar-refractivity contribution is 1.18. The molecule has 0 fully saturated rings. The fraction of sp³-hybridized carbons (Fsp3) is 0. The number of benzene rings is 8. The summed E-state index contributed by atoms with van der Waals surface area (Å²) in [5.74, 6) is 0. The van der Waals surface area contributed by atoms with Gasteiger partial charge in [0.2, 0.25) is 0 Å². The summed E-state index contributed by atoms with van der Waals surface area (Å²) in [6.07, 6.45) is 0. The molecular formula is C49H28N2S3. The number of thiophene rings is 2. The van der Waals surface area contributed by atoms with Crippen molar-refractivity contribution >= 4 is 106 Å². The highest BCUT2D eigenvalue weighted by atomic mass is 32.1. The van der Waals surface area contributed by atoms with Crippen molar-refractivity contribution in [3.05, 3.63) is 170 Å². The molecule has 0 N–H and O–H groups in total. The molecule has 0 aliphatic heterocycles. The quantitative estimate of drug-likeness (QED) is 0.176. The van der Waals surface area contributed by atoms with Gasteiger partial charge in [-0.25, -0.2) is 4.98 Å². The van der Waals surface area contributed by atoms with Crippen LogP contribution in [0.5, 0.6) is 0 Å². The van der Waals surface area contributed by atoms with Crippen LogP contribution in [0.25, 0.3) is 111 Å². The molecule has 2 nitrogen and oxygen atoms in total. The van der Waals surface area contributed by atoms with Crippen LogP contribution in [0.2, 0.25) is 0 Å². The van der Waals surface area contributed by atoms with E-state index < -0.39 is 0 Å². The van der Waals surface area contributed by atoms with Crippen molar-refractivity contribution in [3.63, 3.8) is 0 Å². The molecule has 0 atom stereocenters. The number of fused-ring (bicyclic) bond motifs is 10. The molecule has 5 heteroatoms. The standard InChI is InChI=1S/C49H28N2S3/c1-2-12-30(13-3-1)51-41-21-7-4-14-31(41)40-28-29(24-27-42(40)51)49-50-45-34(37-19-10-17-35-32-15-5-8-22-43(32)52-46(35)37)25-26-39(48(45)54-49)38-20-11-18-36-33-16-6-9-23-44(33)53-47(36)38/h1-28H. The first kappa shape index (κ1) is 30.4. The van der Waals surface area contributed by atoms with E-state index >= 15 is 0 Å². The summed E-state index contributed by atoms with van der Waals surface area (Å²) in [6.45, 7) is 0. The Morgan fingerprint density at radius 3 is 1.65 bits per heavy atom. The Morgan fingerprint density at radius 2 is 0.926 bits per heavy atom. The van der Waals surface area contributed by atoms with Crippen LogP contribution in [0, 0.1) is 0 Å². The summed E-state index contributed by atoms with van der Waals surface area (Å²) in [5.41, 5.74) is 10.7. The van der Waals surface area contributed by atoms with Crippen LogP contribution < -0.4 is 0 Å². The third-order valence-electron chi connectivity index (χ3n) is 10.9. The Morgan fingerprint density at radius 1 is 0.370 bits per heavy atom. The van der Waals surface area contributed by atoms with Gasteiger partial charge < -0.3 is 4.57 Å². The predicted molar refractivity (Wildman–Crippen MR) is 236 cm³/mol. The highest BCUT2D eigenvalue weighted by Gasteiger charge is 2.21. The van der Waals surface area contributed by atoms with Crippen LogP contribution >= 0.6 is 34.0 Å². The molecule has 0 amide bonds. The maximum Gasteiger partial charge on any atom is 0.124 e. The first-order valence-electron chi connectivity index (χ1n) is 18.1. The molecule has 0 bridgehead atoms. The molecule has 54 heavy (non-hydrogen) atoms. The van der Waals surface area contributed by atoms with Crippen LogP contribution in [0.4, 0.5) is 0 Å². The van der Waals surface area contributed by atoms with Gasteiger partial charge >= 0.3 is 0 Å². The first-order valence-corrected chi connectivity index (χ1v) is 20.6. The molecule has 0 saturated heterocycles. The van der Waals surface area contributed by atoms with Gasteiger partial charge in [-0.2, -0.15) is 0 Å². The van der Waals surface area contributed by atoms with E-state index in [1.165, 1.54) is 89.1 Å². The molecule has 12 aromatic rings. The van der Waals surface area contributed by atoms with Crippen LogP contribution in [0.3, 0.4) is 0 Å². The minimum atomic E-state index is 1.03. The molecule has 0 unspecified atom stereocenters. The largest absolute Gasteiger partial charge is 0.309 e. The SMILES string of the molecule is c1ccc(-n2c3ccccc3c3cc(-c4nc5c(-c6cccc7c6sc6ccccc67)ccc(-c6cccc7c6sc6ccccc67)c5s4)ccc32)cc1. The minimum Gasteiger partial charge on any atom is -0.309 e. The van der Waals surface area contributed by atoms with Gasteiger partial charge in [0.25, 0.3) is 0 Å². The number of aromatic nitrogens is 2. The van der Waals surface area contributed by atoms with E-state index in [0.29, 0.717) is 0 Å². The molecule has 0 aliphatic carbocycles. The molecule has 4 heterocycles. The first-order chi connectivity index (χ1) is 26.8. The van der Waals surface area contributed by atoms with E-state index in [-0.39, 0.29) is 0 Å². The van der Waals surface area contributed by atoms with Crippen LogP contribution in [0.15, 0.2) is 170 Å². The smallest absolute Gasteiger partial charge is 0.124 e. The average Bonchev–Trinajstić information content (AvgIpc) is 4.01. The summed E-state index contributed by atoms with van der Waals surface area (Å²) < 4.78 is 8.86. The van der Waals surface area contributed by atoms with Crippen LogP contribution in [0.1, 0.15) is 0 Å². The van der Waals surface area contributed by atoms with Crippen LogP contribution in [-0.4, -0.2) is 9.55 Å². The molecule has 252 valence electrons. The number of thiazole rings is 1. The Balaban J connectivity index is 1.13. The zero-order valence-electron chi connectivity index (χ0n) is 28.8. The van der Waals surface area contributed by atoms with Crippen molar-refractivity contribution in [2.24, 2.45) is 0 Å². The lowest BCUT2D eigenvalue weighted by Crippen LogP contribution is -1.92. The Bertz CT molecular complexity index is 3300. The maximum absolute atomic E-state index is 5.60. The third-order valence-corrected chi connectivity index (χ3v) is 14.4. The number of para-hydroxylation sites is 2. The normalized spacial score (nSPS) is 12.1. The molecule has 4 aromatic heterocycles. The van der Waals surface area contributed by atoms with Gasteiger partial charge in [-0.1, -0.05) is 121 Å². The highest BCUT2D eigenvalue weighted by molar-refractivity contribution is 7.27. The number of hydrogen-bond donors (Lipinski definition) is 0. The van der Waals surface area contributed by atoms with Crippen molar-refractivity contribution in [3.8, 4) is 38.5 Å².